The molecule has 0 aliphatic rings. The van der Waals surface area contributed by atoms with Crippen molar-refractivity contribution in [1.82, 2.24) is 4.31 Å². The Morgan fingerprint density at radius 3 is 2.23 bits per heavy atom. The Morgan fingerprint density at radius 1 is 0.962 bits per heavy atom. The minimum absolute atomic E-state index is 0.00362. The molecule has 0 bridgehead atoms. The van der Waals surface area contributed by atoms with E-state index in [1.165, 1.54) is 38.4 Å². The minimum Gasteiger partial charge on any atom is -0.384 e. The average Bonchev–Trinajstić information content (AvgIpc) is 2.56. The molecule has 0 radical (unpaired) electrons. The summed E-state index contributed by atoms with van der Waals surface area (Å²) in [6.45, 7) is 2.41. The number of nitrogens with zero attached hydrogens (tertiary/aromatic N) is 1. The number of rotatable bonds is 7. The predicted octanol–water partition coefficient (Wildman–Crippen LogP) is 2.93. The minimum atomic E-state index is -3.89. The lowest BCUT2D eigenvalue weighted by molar-refractivity contribution is 0.521. The van der Waals surface area contributed by atoms with Crippen LogP contribution in [-0.2, 0) is 20.0 Å². The first-order valence-corrected chi connectivity index (χ1v) is 11.4. The maximum atomic E-state index is 12.7. The van der Waals surface area contributed by atoms with Gasteiger partial charge in [0.1, 0.15) is 0 Å². The topological polar surface area (TPSA) is 95.6 Å². The van der Waals surface area contributed by atoms with Crippen LogP contribution in [0.15, 0.2) is 56.7 Å². The molecule has 10 heteroatoms. The van der Waals surface area contributed by atoms with Gasteiger partial charge in [-0.05, 0) is 43.3 Å². The van der Waals surface area contributed by atoms with Gasteiger partial charge in [-0.1, -0.05) is 22.0 Å². The van der Waals surface area contributed by atoms with Crippen molar-refractivity contribution in [2.45, 2.75) is 16.7 Å². The first-order chi connectivity index (χ1) is 12.1. The quantitative estimate of drug-likeness (QED) is 0.660. The Balaban J connectivity index is 2.52. The number of benzene rings is 2. The highest BCUT2D eigenvalue weighted by molar-refractivity contribution is 9.10. The standard InChI is InChI=1S/C16H20BrN3O4S2/c1-4-18-15-9-8-14(26(23,24)20(2)3)11-16(15)19-25(21,22)13-7-5-6-12(17)10-13/h5-11,18-19H,4H2,1-3H3. The van der Waals surface area contributed by atoms with E-state index in [0.29, 0.717) is 16.7 Å². The fourth-order valence-electron chi connectivity index (χ4n) is 2.16. The Bertz CT molecular complexity index is 1010. The lowest BCUT2D eigenvalue weighted by Crippen LogP contribution is -2.22. The highest BCUT2D eigenvalue weighted by Gasteiger charge is 2.21. The summed E-state index contributed by atoms with van der Waals surface area (Å²) < 4.78 is 54.2. The Morgan fingerprint density at radius 2 is 1.65 bits per heavy atom. The molecule has 0 aliphatic carbocycles. The Kier molecular flexibility index (Phi) is 6.33. The normalized spacial score (nSPS) is 12.2. The van der Waals surface area contributed by atoms with Gasteiger partial charge in [-0.3, -0.25) is 4.72 Å². The van der Waals surface area contributed by atoms with Gasteiger partial charge in [-0.2, -0.15) is 0 Å². The van der Waals surface area contributed by atoms with Crippen molar-refractivity contribution in [2.24, 2.45) is 0 Å². The second kappa shape index (κ2) is 7.95. The zero-order valence-electron chi connectivity index (χ0n) is 14.5. The number of anilines is 2. The third kappa shape index (κ3) is 4.56. The van der Waals surface area contributed by atoms with Crippen molar-refractivity contribution in [3.8, 4) is 0 Å². The van der Waals surface area contributed by atoms with E-state index in [1.807, 2.05) is 6.92 Å². The summed E-state index contributed by atoms with van der Waals surface area (Å²) in [4.78, 5) is 0.0614. The zero-order valence-corrected chi connectivity index (χ0v) is 17.7. The molecule has 0 atom stereocenters. The SMILES string of the molecule is CCNc1ccc(S(=O)(=O)N(C)C)cc1NS(=O)(=O)c1cccc(Br)c1. The Hall–Kier alpha value is -1.62. The van der Waals surface area contributed by atoms with Gasteiger partial charge in [0.15, 0.2) is 0 Å². The van der Waals surface area contributed by atoms with E-state index in [9.17, 15) is 16.8 Å². The molecule has 2 aromatic carbocycles. The van der Waals surface area contributed by atoms with E-state index in [2.05, 4.69) is 26.0 Å². The van der Waals surface area contributed by atoms with Crippen molar-refractivity contribution >= 4 is 47.4 Å². The average molecular weight is 462 g/mol. The van der Waals surface area contributed by atoms with Crippen LogP contribution >= 0.6 is 15.9 Å². The van der Waals surface area contributed by atoms with Crippen LogP contribution in [-0.4, -0.2) is 41.8 Å². The van der Waals surface area contributed by atoms with Crippen LogP contribution < -0.4 is 10.0 Å². The molecule has 7 nitrogen and oxygen atoms in total. The van der Waals surface area contributed by atoms with Gasteiger partial charge < -0.3 is 5.32 Å². The van der Waals surface area contributed by atoms with Crippen molar-refractivity contribution in [3.05, 3.63) is 46.9 Å². The van der Waals surface area contributed by atoms with Crippen LogP contribution in [0.25, 0.3) is 0 Å². The summed E-state index contributed by atoms with van der Waals surface area (Å²) in [5, 5.41) is 3.02. The molecule has 0 aliphatic heterocycles. The summed E-state index contributed by atoms with van der Waals surface area (Å²) in [6.07, 6.45) is 0. The van der Waals surface area contributed by atoms with Gasteiger partial charge in [-0.15, -0.1) is 0 Å². The maximum Gasteiger partial charge on any atom is 0.262 e. The number of nitrogens with one attached hydrogen (secondary N) is 2. The molecule has 2 N–H and O–H groups in total. The van der Waals surface area contributed by atoms with E-state index in [4.69, 9.17) is 0 Å². The molecule has 26 heavy (non-hydrogen) atoms. The fourth-order valence-corrected chi connectivity index (χ4v) is 4.76. The lowest BCUT2D eigenvalue weighted by atomic mass is 10.2. The molecule has 2 rings (SSSR count). The second-order valence-corrected chi connectivity index (χ2v) is 10.3. The van der Waals surface area contributed by atoms with Crippen LogP contribution in [0.3, 0.4) is 0 Å². The first kappa shape index (κ1) is 20.7. The van der Waals surface area contributed by atoms with Crippen molar-refractivity contribution in [2.75, 3.05) is 30.7 Å². The molecule has 0 unspecified atom stereocenters. The van der Waals surface area contributed by atoms with Crippen LogP contribution in [0, 0.1) is 0 Å². The van der Waals surface area contributed by atoms with E-state index >= 15 is 0 Å². The second-order valence-electron chi connectivity index (χ2n) is 5.59. The van der Waals surface area contributed by atoms with Crippen LogP contribution in [0.5, 0.6) is 0 Å². The molecule has 0 spiro atoms. The molecule has 0 aromatic heterocycles. The smallest absolute Gasteiger partial charge is 0.262 e. The van der Waals surface area contributed by atoms with Gasteiger partial charge in [-0.25, -0.2) is 21.1 Å². The van der Waals surface area contributed by atoms with Gasteiger partial charge >= 0.3 is 0 Å². The van der Waals surface area contributed by atoms with Crippen molar-refractivity contribution in [3.63, 3.8) is 0 Å². The number of hydrogen-bond acceptors (Lipinski definition) is 5. The molecule has 142 valence electrons. The summed E-state index contributed by atoms with van der Waals surface area (Å²) in [5.41, 5.74) is 0.651. The van der Waals surface area contributed by atoms with Gasteiger partial charge in [0, 0.05) is 25.1 Å². The highest BCUT2D eigenvalue weighted by Crippen LogP contribution is 2.29. The van der Waals surface area contributed by atoms with E-state index in [1.54, 1.807) is 18.2 Å². The molecule has 0 heterocycles. The van der Waals surface area contributed by atoms with Crippen LogP contribution in [0.1, 0.15) is 6.92 Å². The largest absolute Gasteiger partial charge is 0.384 e. The van der Waals surface area contributed by atoms with Crippen LogP contribution in [0.4, 0.5) is 11.4 Å². The summed E-state index contributed by atoms with van der Waals surface area (Å²) in [5.74, 6) is 0. The lowest BCUT2D eigenvalue weighted by Gasteiger charge is -2.17. The molecule has 0 amide bonds. The first-order valence-electron chi connectivity index (χ1n) is 7.67. The van der Waals surface area contributed by atoms with Crippen LogP contribution in [0.2, 0.25) is 0 Å². The maximum absolute atomic E-state index is 12.7. The summed E-state index contributed by atoms with van der Waals surface area (Å²) >= 11 is 3.24. The predicted molar refractivity (Wildman–Crippen MR) is 106 cm³/mol. The molecule has 0 fully saturated rings. The number of halogens is 1. The third-order valence-electron chi connectivity index (χ3n) is 3.49. The van der Waals surface area contributed by atoms with Crippen molar-refractivity contribution < 1.29 is 16.8 Å². The molecule has 0 saturated heterocycles. The van der Waals surface area contributed by atoms with Gasteiger partial charge in [0.25, 0.3) is 10.0 Å². The number of sulfonamides is 2. The Labute approximate surface area is 162 Å². The molecular formula is C16H20BrN3O4S2. The summed E-state index contributed by atoms with van der Waals surface area (Å²) in [7, 11) is -4.75. The fraction of sp³-hybridized carbons (Fsp3) is 0.250. The third-order valence-corrected chi connectivity index (χ3v) is 7.16. The van der Waals surface area contributed by atoms with Gasteiger partial charge in [0.05, 0.1) is 21.2 Å². The molecular weight excluding hydrogens is 442 g/mol. The van der Waals surface area contributed by atoms with E-state index in [0.717, 1.165) is 4.31 Å². The molecule has 2 aromatic rings. The zero-order chi connectivity index (χ0) is 19.5. The van der Waals surface area contributed by atoms with Crippen molar-refractivity contribution in [1.29, 1.82) is 0 Å². The number of hydrogen-bond donors (Lipinski definition) is 2. The highest BCUT2D eigenvalue weighted by atomic mass is 79.9. The van der Waals surface area contributed by atoms with E-state index < -0.39 is 20.0 Å². The monoisotopic (exact) mass is 461 g/mol. The van der Waals surface area contributed by atoms with E-state index in [-0.39, 0.29) is 15.5 Å². The van der Waals surface area contributed by atoms with Gasteiger partial charge in [0.2, 0.25) is 10.0 Å². The molecule has 0 saturated carbocycles. The summed E-state index contributed by atoms with van der Waals surface area (Å²) in [6, 6.07) is 10.5.